The van der Waals surface area contributed by atoms with Crippen molar-refractivity contribution in [1.82, 2.24) is 14.5 Å². The SMILES string of the molecule is Cn1cccc1[C@@H]1CCC[NH+]1Cc1nc2sc(-c3ccccc3)cc2c(=O)[nH]1. The third-order valence-corrected chi connectivity index (χ3v) is 6.81. The summed E-state index contributed by atoms with van der Waals surface area (Å²) in [7, 11) is 2.11. The Balaban J connectivity index is 1.46. The number of quaternary nitrogens is 1. The van der Waals surface area contributed by atoms with Crippen LogP contribution >= 0.6 is 11.3 Å². The molecule has 4 heterocycles. The first-order valence-corrected chi connectivity index (χ1v) is 10.5. The van der Waals surface area contributed by atoms with Crippen molar-refractivity contribution in [2.75, 3.05) is 6.54 Å². The number of nitrogens with one attached hydrogen (secondary N) is 2. The highest BCUT2D eigenvalue weighted by atomic mass is 32.1. The van der Waals surface area contributed by atoms with Crippen LogP contribution in [0.25, 0.3) is 20.7 Å². The predicted molar refractivity (Wildman–Crippen MR) is 113 cm³/mol. The molecule has 0 radical (unpaired) electrons. The van der Waals surface area contributed by atoms with Crippen LogP contribution in [0.4, 0.5) is 0 Å². The van der Waals surface area contributed by atoms with Gasteiger partial charge >= 0.3 is 0 Å². The molecular weight excluding hydrogens is 368 g/mol. The second kappa shape index (κ2) is 7.04. The molecule has 0 spiro atoms. The van der Waals surface area contributed by atoms with Gasteiger partial charge in [0.2, 0.25) is 0 Å². The van der Waals surface area contributed by atoms with Gasteiger partial charge in [-0.3, -0.25) is 4.79 Å². The van der Waals surface area contributed by atoms with E-state index >= 15 is 0 Å². The molecule has 0 saturated carbocycles. The predicted octanol–water partition coefficient (Wildman–Crippen LogP) is 2.91. The van der Waals surface area contributed by atoms with E-state index in [0.29, 0.717) is 11.4 Å². The normalized spacial score (nSPS) is 19.5. The molecular formula is C22H23N4OS+. The number of fused-ring (bicyclic) bond motifs is 1. The van der Waals surface area contributed by atoms with Crippen LogP contribution in [0.5, 0.6) is 0 Å². The highest BCUT2D eigenvalue weighted by molar-refractivity contribution is 7.21. The molecule has 2 N–H and O–H groups in total. The van der Waals surface area contributed by atoms with Crippen LogP contribution in [-0.2, 0) is 13.6 Å². The zero-order valence-electron chi connectivity index (χ0n) is 15.8. The summed E-state index contributed by atoms with van der Waals surface area (Å²) in [6.45, 7) is 1.86. The molecule has 28 heavy (non-hydrogen) atoms. The van der Waals surface area contributed by atoms with Crippen molar-refractivity contribution in [1.29, 1.82) is 0 Å². The van der Waals surface area contributed by atoms with Crippen LogP contribution in [0.15, 0.2) is 59.5 Å². The van der Waals surface area contributed by atoms with Crippen molar-refractivity contribution in [3.8, 4) is 10.4 Å². The molecule has 1 fully saturated rings. The summed E-state index contributed by atoms with van der Waals surface area (Å²) in [5.74, 6) is 0.787. The molecule has 5 nitrogen and oxygen atoms in total. The summed E-state index contributed by atoms with van der Waals surface area (Å²) in [5, 5.41) is 0.683. The topological polar surface area (TPSA) is 55.1 Å². The smallest absolute Gasteiger partial charge is 0.259 e. The van der Waals surface area contributed by atoms with Crippen LogP contribution in [0.2, 0.25) is 0 Å². The Kier molecular flexibility index (Phi) is 4.37. The van der Waals surface area contributed by atoms with Crippen molar-refractivity contribution in [2.24, 2.45) is 7.05 Å². The first kappa shape index (κ1) is 17.4. The van der Waals surface area contributed by atoms with Crippen molar-refractivity contribution in [3.63, 3.8) is 0 Å². The van der Waals surface area contributed by atoms with Crippen LogP contribution in [0.1, 0.15) is 30.4 Å². The zero-order chi connectivity index (χ0) is 19.1. The number of hydrogen-bond acceptors (Lipinski definition) is 3. The Morgan fingerprint density at radius 2 is 2.11 bits per heavy atom. The van der Waals surface area contributed by atoms with Gasteiger partial charge < -0.3 is 14.5 Å². The number of benzene rings is 1. The fraction of sp³-hybridized carbons (Fsp3) is 0.273. The van der Waals surface area contributed by atoms with Gasteiger partial charge in [-0.25, -0.2) is 4.98 Å². The molecule has 2 atom stereocenters. The average molecular weight is 392 g/mol. The lowest BCUT2D eigenvalue weighted by molar-refractivity contribution is -0.933. The fourth-order valence-corrected chi connectivity index (χ4v) is 5.39. The molecule has 1 unspecified atom stereocenters. The highest BCUT2D eigenvalue weighted by Crippen LogP contribution is 2.30. The molecule has 1 aliphatic heterocycles. The van der Waals surface area contributed by atoms with E-state index in [2.05, 4.69) is 47.1 Å². The van der Waals surface area contributed by atoms with Crippen molar-refractivity contribution in [3.05, 3.63) is 76.6 Å². The first-order valence-electron chi connectivity index (χ1n) is 9.73. The maximum absolute atomic E-state index is 12.7. The molecule has 0 bridgehead atoms. The number of H-pyrrole nitrogens is 1. The number of thiophene rings is 1. The average Bonchev–Trinajstić information content (AvgIpc) is 3.42. The van der Waals surface area contributed by atoms with Crippen molar-refractivity contribution < 1.29 is 4.90 Å². The van der Waals surface area contributed by atoms with Crippen LogP contribution in [-0.4, -0.2) is 21.1 Å². The van der Waals surface area contributed by atoms with E-state index in [1.807, 2.05) is 24.3 Å². The van der Waals surface area contributed by atoms with E-state index in [9.17, 15) is 4.79 Å². The molecule has 0 aliphatic carbocycles. The molecule has 142 valence electrons. The number of rotatable bonds is 4. The van der Waals surface area contributed by atoms with Gasteiger partial charge in [-0.2, -0.15) is 0 Å². The minimum atomic E-state index is -0.0348. The Bertz CT molecular complexity index is 1170. The minimum absolute atomic E-state index is 0.0348. The van der Waals surface area contributed by atoms with Crippen LogP contribution in [0.3, 0.4) is 0 Å². The summed E-state index contributed by atoms with van der Waals surface area (Å²) in [6, 6.07) is 16.9. The summed E-state index contributed by atoms with van der Waals surface area (Å²) < 4.78 is 2.21. The Morgan fingerprint density at radius 3 is 2.89 bits per heavy atom. The summed E-state index contributed by atoms with van der Waals surface area (Å²) >= 11 is 1.59. The zero-order valence-corrected chi connectivity index (χ0v) is 16.6. The summed E-state index contributed by atoms with van der Waals surface area (Å²) in [5.41, 5.74) is 2.45. The first-order chi connectivity index (χ1) is 13.7. The van der Waals surface area contributed by atoms with Crippen molar-refractivity contribution in [2.45, 2.75) is 25.4 Å². The number of likely N-dealkylation sites (tertiary alicyclic amines) is 1. The van der Waals surface area contributed by atoms with Gasteiger partial charge in [0, 0.05) is 31.0 Å². The molecule has 6 heteroatoms. The lowest BCUT2D eigenvalue weighted by Gasteiger charge is -2.21. The van der Waals surface area contributed by atoms with E-state index in [0.717, 1.165) is 34.2 Å². The standard InChI is InChI=1S/C22H22N4OS/c1-25-11-5-9-17(25)18-10-6-12-26(18)14-20-23-21(27)16-13-19(28-22(16)24-20)15-7-3-2-4-8-15/h2-5,7-9,11,13,18H,6,10,12,14H2,1H3,(H,23,24,27)/p+1/t18-/m0/s1. The van der Waals surface area contributed by atoms with Crippen LogP contribution in [0, 0.1) is 0 Å². The second-order valence-electron chi connectivity index (χ2n) is 7.53. The maximum atomic E-state index is 12.7. The van der Waals surface area contributed by atoms with Gasteiger partial charge in [0.1, 0.15) is 17.4 Å². The number of aromatic nitrogens is 3. The van der Waals surface area contributed by atoms with Gasteiger partial charge in [-0.05, 0) is 23.8 Å². The molecule has 3 aromatic heterocycles. The lowest BCUT2D eigenvalue weighted by atomic mass is 10.1. The van der Waals surface area contributed by atoms with Crippen LogP contribution < -0.4 is 10.5 Å². The van der Waals surface area contributed by atoms with Gasteiger partial charge in [-0.1, -0.05) is 30.3 Å². The largest absolute Gasteiger partial charge is 0.350 e. The number of aromatic amines is 1. The highest BCUT2D eigenvalue weighted by Gasteiger charge is 2.32. The number of aryl methyl sites for hydroxylation is 1. The Hall–Kier alpha value is -2.70. The van der Waals surface area contributed by atoms with Gasteiger partial charge in [0.25, 0.3) is 5.56 Å². The van der Waals surface area contributed by atoms with E-state index in [-0.39, 0.29) is 5.56 Å². The van der Waals surface area contributed by atoms with Gasteiger partial charge in [-0.15, -0.1) is 11.3 Å². The second-order valence-corrected chi connectivity index (χ2v) is 8.56. The summed E-state index contributed by atoms with van der Waals surface area (Å²) in [6.07, 6.45) is 4.49. The monoisotopic (exact) mass is 391 g/mol. The van der Waals surface area contributed by atoms with Gasteiger partial charge in [0.15, 0.2) is 5.82 Å². The Morgan fingerprint density at radius 1 is 1.25 bits per heavy atom. The van der Waals surface area contributed by atoms with E-state index < -0.39 is 0 Å². The van der Waals surface area contributed by atoms with E-state index in [4.69, 9.17) is 4.98 Å². The number of nitrogens with zero attached hydrogens (tertiary/aromatic N) is 2. The molecule has 1 aromatic carbocycles. The molecule has 0 amide bonds. The van der Waals surface area contributed by atoms with Gasteiger partial charge in [0.05, 0.1) is 17.6 Å². The molecule has 1 aliphatic rings. The maximum Gasteiger partial charge on any atom is 0.259 e. The number of hydrogen-bond donors (Lipinski definition) is 2. The summed E-state index contributed by atoms with van der Waals surface area (Å²) in [4.78, 5) is 23.9. The van der Waals surface area contributed by atoms with E-state index in [1.54, 1.807) is 11.3 Å². The third-order valence-electron chi connectivity index (χ3n) is 5.73. The van der Waals surface area contributed by atoms with E-state index in [1.165, 1.54) is 23.4 Å². The molecule has 5 rings (SSSR count). The lowest BCUT2D eigenvalue weighted by Crippen LogP contribution is -3.09. The fourth-order valence-electron chi connectivity index (χ4n) is 4.34. The Labute approximate surface area is 167 Å². The molecule has 1 saturated heterocycles. The third kappa shape index (κ3) is 3.08. The van der Waals surface area contributed by atoms with Crippen molar-refractivity contribution >= 4 is 21.6 Å². The minimum Gasteiger partial charge on any atom is -0.350 e. The quantitative estimate of drug-likeness (QED) is 0.562. The molecule has 4 aromatic rings.